The largest absolute Gasteiger partial charge is 0.484 e. The highest BCUT2D eigenvalue weighted by atomic mass is 32.2. The van der Waals surface area contributed by atoms with E-state index in [1.165, 1.54) is 24.3 Å². The van der Waals surface area contributed by atoms with Gasteiger partial charge < -0.3 is 15.2 Å². The molecule has 0 unspecified atom stereocenters. The van der Waals surface area contributed by atoms with Crippen molar-refractivity contribution >= 4 is 15.9 Å². The molecular formula is C16H24N2O5S. The molecule has 2 rings (SSSR count). The number of hydrogen-bond donors (Lipinski definition) is 3. The van der Waals surface area contributed by atoms with Crippen molar-refractivity contribution in [1.29, 1.82) is 0 Å². The van der Waals surface area contributed by atoms with Crippen LogP contribution in [-0.4, -0.2) is 45.2 Å². The number of hydrogen-bond acceptors (Lipinski definition) is 5. The predicted octanol–water partition coefficient (Wildman–Crippen LogP) is 0.785. The van der Waals surface area contributed by atoms with Gasteiger partial charge >= 0.3 is 0 Å². The summed E-state index contributed by atoms with van der Waals surface area (Å²) < 4.78 is 32.7. The molecule has 0 spiro atoms. The van der Waals surface area contributed by atoms with E-state index in [1.54, 1.807) is 0 Å². The Kier molecular flexibility index (Phi) is 7.01. The van der Waals surface area contributed by atoms with Crippen LogP contribution in [0.3, 0.4) is 0 Å². The molecule has 0 bridgehead atoms. The Morgan fingerprint density at radius 3 is 2.46 bits per heavy atom. The molecule has 0 aromatic heterocycles. The van der Waals surface area contributed by atoms with Crippen LogP contribution < -0.4 is 14.8 Å². The number of aliphatic hydroxyl groups excluding tert-OH is 1. The zero-order valence-electron chi connectivity index (χ0n) is 13.5. The van der Waals surface area contributed by atoms with E-state index in [2.05, 4.69) is 10.0 Å². The average molecular weight is 356 g/mol. The summed E-state index contributed by atoms with van der Waals surface area (Å²) in [5.41, 5.74) is 0. The standard InChI is InChI=1S/C16H24N2O5S/c19-11-10-17-16(20)12-23-14-6-8-15(9-7-14)24(21,22)18-13-4-2-1-3-5-13/h6-9,13,18-19H,1-5,10-12H2,(H,17,20). The molecule has 8 heteroatoms. The smallest absolute Gasteiger partial charge is 0.258 e. The fraction of sp³-hybridized carbons (Fsp3) is 0.562. The van der Waals surface area contributed by atoms with Crippen LogP contribution in [0.1, 0.15) is 32.1 Å². The Bertz CT molecular complexity index is 624. The van der Waals surface area contributed by atoms with E-state index in [4.69, 9.17) is 9.84 Å². The lowest BCUT2D eigenvalue weighted by atomic mass is 9.96. The lowest BCUT2D eigenvalue weighted by molar-refractivity contribution is -0.123. The molecule has 1 aliphatic rings. The van der Waals surface area contributed by atoms with Crippen molar-refractivity contribution in [1.82, 2.24) is 10.0 Å². The molecule has 0 aliphatic heterocycles. The highest BCUT2D eigenvalue weighted by Crippen LogP contribution is 2.21. The van der Waals surface area contributed by atoms with Crippen LogP contribution in [0.25, 0.3) is 0 Å². The summed E-state index contributed by atoms with van der Waals surface area (Å²) in [4.78, 5) is 11.6. The highest BCUT2D eigenvalue weighted by molar-refractivity contribution is 7.89. The molecule has 0 heterocycles. The summed E-state index contributed by atoms with van der Waals surface area (Å²) in [6, 6.07) is 5.98. The van der Waals surface area contributed by atoms with Crippen LogP contribution in [0.15, 0.2) is 29.2 Å². The minimum Gasteiger partial charge on any atom is -0.484 e. The summed E-state index contributed by atoms with van der Waals surface area (Å²) in [7, 11) is -3.53. The SMILES string of the molecule is O=C(COc1ccc(S(=O)(=O)NC2CCCCC2)cc1)NCCO. The molecule has 1 aliphatic carbocycles. The fourth-order valence-electron chi connectivity index (χ4n) is 2.62. The van der Waals surface area contributed by atoms with Crippen molar-refractivity contribution in [3.8, 4) is 5.75 Å². The van der Waals surface area contributed by atoms with E-state index in [1.807, 2.05) is 0 Å². The third-order valence-electron chi connectivity index (χ3n) is 3.86. The molecule has 24 heavy (non-hydrogen) atoms. The molecule has 1 amide bonds. The second-order valence-electron chi connectivity index (χ2n) is 5.79. The summed E-state index contributed by atoms with van der Waals surface area (Å²) in [6.07, 6.45) is 5.03. The van der Waals surface area contributed by atoms with E-state index in [-0.39, 0.29) is 36.6 Å². The quantitative estimate of drug-likeness (QED) is 0.639. The van der Waals surface area contributed by atoms with Crippen LogP contribution in [0, 0.1) is 0 Å². The van der Waals surface area contributed by atoms with Crippen molar-refractivity contribution in [2.45, 2.75) is 43.0 Å². The number of rotatable bonds is 8. The van der Waals surface area contributed by atoms with Crippen molar-refractivity contribution in [2.24, 2.45) is 0 Å². The number of amides is 1. The zero-order valence-corrected chi connectivity index (χ0v) is 14.3. The maximum Gasteiger partial charge on any atom is 0.258 e. The van der Waals surface area contributed by atoms with E-state index in [0.717, 1.165) is 32.1 Å². The average Bonchev–Trinajstić information content (AvgIpc) is 2.59. The Hall–Kier alpha value is -1.64. The second-order valence-corrected chi connectivity index (χ2v) is 7.50. The minimum atomic E-state index is -3.53. The molecule has 134 valence electrons. The van der Waals surface area contributed by atoms with E-state index in [0.29, 0.717) is 5.75 Å². The van der Waals surface area contributed by atoms with Gasteiger partial charge in [0.1, 0.15) is 5.75 Å². The molecule has 0 atom stereocenters. The Morgan fingerprint density at radius 2 is 1.83 bits per heavy atom. The number of carbonyl (C=O) groups is 1. The van der Waals surface area contributed by atoms with Crippen molar-refractivity contribution in [2.75, 3.05) is 19.8 Å². The number of aliphatic hydroxyl groups is 1. The Morgan fingerprint density at radius 1 is 1.17 bits per heavy atom. The normalized spacial score (nSPS) is 15.9. The minimum absolute atomic E-state index is 0.00916. The molecule has 7 nitrogen and oxygen atoms in total. The van der Waals surface area contributed by atoms with Gasteiger partial charge in [0.25, 0.3) is 5.91 Å². The highest BCUT2D eigenvalue weighted by Gasteiger charge is 2.21. The number of benzene rings is 1. The van der Waals surface area contributed by atoms with Gasteiger partial charge in [-0.25, -0.2) is 13.1 Å². The summed E-state index contributed by atoms with van der Waals surface area (Å²) in [6.45, 7) is -0.148. The van der Waals surface area contributed by atoms with Gasteiger partial charge in [0, 0.05) is 12.6 Å². The van der Waals surface area contributed by atoms with Crippen molar-refractivity contribution in [3.63, 3.8) is 0 Å². The lowest BCUT2D eigenvalue weighted by Crippen LogP contribution is -2.36. The van der Waals surface area contributed by atoms with Crippen LogP contribution in [0.4, 0.5) is 0 Å². The van der Waals surface area contributed by atoms with E-state index < -0.39 is 10.0 Å². The molecule has 0 radical (unpaired) electrons. The lowest BCUT2D eigenvalue weighted by Gasteiger charge is -2.22. The molecule has 0 saturated heterocycles. The van der Waals surface area contributed by atoms with Crippen molar-refractivity contribution < 1.29 is 23.1 Å². The summed E-state index contributed by atoms with van der Waals surface area (Å²) in [5, 5.41) is 11.1. The third-order valence-corrected chi connectivity index (χ3v) is 5.40. The molecule has 1 fully saturated rings. The molecule has 3 N–H and O–H groups in total. The van der Waals surface area contributed by atoms with Crippen LogP contribution in [-0.2, 0) is 14.8 Å². The zero-order chi connectivity index (χ0) is 17.4. The predicted molar refractivity (Wildman–Crippen MR) is 89.2 cm³/mol. The molecular weight excluding hydrogens is 332 g/mol. The number of sulfonamides is 1. The Labute approximate surface area is 142 Å². The molecule has 1 aromatic rings. The summed E-state index contributed by atoms with van der Waals surface area (Å²) >= 11 is 0. The van der Waals surface area contributed by atoms with Crippen LogP contribution >= 0.6 is 0 Å². The first-order valence-electron chi connectivity index (χ1n) is 8.14. The first-order valence-corrected chi connectivity index (χ1v) is 9.62. The van der Waals surface area contributed by atoms with E-state index >= 15 is 0 Å². The first kappa shape index (κ1) is 18.7. The van der Waals surface area contributed by atoms with Crippen LogP contribution in [0.2, 0.25) is 0 Å². The summed E-state index contributed by atoms with van der Waals surface area (Å²) in [5.74, 6) is 0.0606. The third kappa shape index (κ3) is 5.77. The first-order chi connectivity index (χ1) is 11.5. The maximum atomic E-state index is 12.4. The van der Waals surface area contributed by atoms with E-state index in [9.17, 15) is 13.2 Å². The maximum absolute atomic E-state index is 12.4. The van der Waals surface area contributed by atoms with Gasteiger partial charge in [-0.1, -0.05) is 19.3 Å². The topological polar surface area (TPSA) is 105 Å². The molecule has 1 aromatic carbocycles. The second kappa shape index (κ2) is 9.00. The van der Waals surface area contributed by atoms with Gasteiger partial charge in [-0.2, -0.15) is 0 Å². The van der Waals surface area contributed by atoms with Gasteiger partial charge in [-0.15, -0.1) is 0 Å². The monoisotopic (exact) mass is 356 g/mol. The van der Waals surface area contributed by atoms with Gasteiger partial charge in [0.15, 0.2) is 6.61 Å². The van der Waals surface area contributed by atoms with Gasteiger partial charge in [0.2, 0.25) is 10.0 Å². The van der Waals surface area contributed by atoms with Gasteiger partial charge in [-0.3, -0.25) is 4.79 Å². The van der Waals surface area contributed by atoms with Crippen LogP contribution in [0.5, 0.6) is 5.75 Å². The number of carbonyl (C=O) groups excluding carboxylic acids is 1. The number of ether oxygens (including phenoxy) is 1. The van der Waals surface area contributed by atoms with Gasteiger partial charge in [0.05, 0.1) is 11.5 Å². The van der Waals surface area contributed by atoms with Crippen molar-refractivity contribution in [3.05, 3.63) is 24.3 Å². The van der Waals surface area contributed by atoms with Gasteiger partial charge in [-0.05, 0) is 37.1 Å². The molecule has 1 saturated carbocycles. The Balaban J connectivity index is 1.89. The fourth-order valence-corrected chi connectivity index (χ4v) is 3.92. The number of nitrogens with one attached hydrogen (secondary N) is 2.